The maximum absolute atomic E-state index is 11.3. The van der Waals surface area contributed by atoms with Gasteiger partial charge in [-0.3, -0.25) is 19.1 Å². The lowest BCUT2D eigenvalue weighted by atomic mass is 9.96. The Labute approximate surface area is 110 Å². The molecule has 0 aromatic heterocycles. The van der Waals surface area contributed by atoms with Gasteiger partial charge in [-0.2, -0.15) is 0 Å². The second-order valence-electron chi connectivity index (χ2n) is 4.72. The van der Waals surface area contributed by atoms with Crippen molar-refractivity contribution in [2.24, 2.45) is 5.92 Å². The van der Waals surface area contributed by atoms with E-state index >= 15 is 0 Å². The van der Waals surface area contributed by atoms with E-state index in [9.17, 15) is 14.2 Å². The zero-order valence-electron chi connectivity index (χ0n) is 10.5. The predicted octanol–water partition coefficient (Wildman–Crippen LogP) is -0.198. The molecule has 0 saturated carbocycles. The van der Waals surface area contributed by atoms with Crippen LogP contribution in [0.1, 0.15) is 19.8 Å². The summed E-state index contributed by atoms with van der Waals surface area (Å²) in [6.45, 7) is 2.71. The minimum absolute atomic E-state index is 0.610. The molecule has 9 heteroatoms. The molecule has 0 amide bonds. The van der Waals surface area contributed by atoms with Gasteiger partial charge in [0.25, 0.3) is 0 Å². The van der Waals surface area contributed by atoms with Gasteiger partial charge in [0.15, 0.2) is 5.66 Å². The molecule has 0 aromatic carbocycles. The third-order valence-electron chi connectivity index (χ3n) is 3.48. The van der Waals surface area contributed by atoms with Crippen LogP contribution in [-0.2, 0) is 14.2 Å². The van der Waals surface area contributed by atoms with Crippen LogP contribution >= 0.6 is 7.60 Å². The molecule has 1 saturated heterocycles. The van der Waals surface area contributed by atoms with Crippen molar-refractivity contribution in [3.8, 4) is 0 Å². The lowest BCUT2D eigenvalue weighted by Gasteiger charge is -2.32. The van der Waals surface area contributed by atoms with Crippen molar-refractivity contribution in [1.82, 2.24) is 4.90 Å². The highest BCUT2D eigenvalue weighted by Crippen LogP contribution is 2.46. The summed E-state index contributed by atoms with van der Waals surface area (Å²) in [7, 11) is -5.04. The Morgan fingerprint density at radius 2 is 1.58 bits per heavy atom. The van der Waals surface area contributed by atoms with Crippen LogP contribution in [0, 0.1) is 5.92 Å². The first-order valence-electron chi connectivity index (χ1n) is 5.91. The summed E-state index contributed by atoms with van der Waals surface area (Å²) in [6, 6.07) is -0.742. The van der Waals surface area contributed by atoms with Crippen LogP contribution in [0.2, 0.25) is 0 Å². The first kappa shape index (κ1) is 16.1. The summed E-state index contributed by atoms with van der Waals surface area (Å²) in [5.74, 6) is -4.93. The average molecular weight is 295 g/mol. The van der Waals surface area contributed by atoms with Crippen molar-refractivity contribution < 1.29 is 34.2 Å². The van der Waals surface area contributed by atoms with E-state index in [1.807, 2.05) is 0 Å². The van der Waals surface area contributed by atoms with E-state index in [0.29, 0.717) is 13.1 Å². The summed E-state index contributed by atoms with van der Waals surface area (Å²) in [6.07, 6.45) is 1.73. The molecule has 1 heterocycles. The average Bonchev–Trinajstić information content (AvgIpc) is 2.74. The Kier molecular flexibility index (Phi) is 5.09. The van der Waals surface area contributed by atoms with E-state index in [4.69, 9.17) is 20.0 Å². The van der Waals surface area contributed by atoms with Gasteiger partial charge in [-0.05, 0) is 32.9 Å². The topological polar surface area (TPSA) is 135 Å². The van der Waals surface area contributed by atoms with E-state index in [2.05, 4.69) is 0 Å². The van der Waals surface area contributed by atoms with Gasteiger partial charge in [0.1, 0.15) is 0 Å². The quantitative estimate of drug-likeness (QED) is 0.495. The third kappa shape index (κ3) is 3.76. The minimum Gasteiger partial charge on any atom is -0.481 e. The predicted molar refractivity (Wildman–Crippen MR) is 64.9 cm³/mol. The zero-order valence-corrected chi connectivity index (χ0v) is 11.4. The van der Waals surface area contributed by atoms with Crippen molar-refractivity contribution >= 4 is 19.5 Å². The summed E-state index contributed by atoms with van der Waals surface area (Å²) < 4.78 is 11.3. The van der Waals surface area contributed by atoms with Gasteiger partial charge >= 0.3 is 19.5 Å². The van der Waals surface area contributed by atoms with Crippen molar-refractivity contribution in [3.05, 3.63) is 0 Å². The summed E-state index contributed by atoms with van der Waals surface area (Å²) in [5.41, 5.74) is -2.22. The Bertz CT molecular complexity index is 401. The molecule has 0 spiro atoms. The van der Waals surface area contributed by atoms with Crippen molar-refractivity contribution in [2.75, 3.05) is 13.1 Å². The monoisotopic (exact) mass is 295 g/mol. The van der Waals surface area contributed by atoms with E-state index in [1.54, 1.807) is 4.90 Å². The van der Waals surface area contributed by atoms with Crippen LogP contribution < -0.4 is 0 Å². The van der Waals surface area contributed by atoms with Crippen LogP contribution in [-0.4, -0.2) is 61.6 Å². The molecule has 4 N–H and O–H groups in total. The first-order valence-corrected chi connectivity index (χ1v) is 7.59. The molecule has 1 aliphatic rings. The molecule has 1 rings (SSSR count). The number of carbonyl (C=O) groups is 2. The number of rotatable bonds is 6. The molecule has 8 nitrogen and oxygen atoms in total. The standard InChI is InChI=1S/C10H18NO7P/c1-6(11-4-2-3-5-11)7(9(12)13)8(10(14)15)19(16,17)18/h6-8H,2-5H2,1H3,(H,12,13)(H,14,15)(H2,16,17,18). The van der Waals surface area contributed by atoms with Crippen molar-refractivity contribution in [3.63, 3.8) is 0 Å². The van der Waals surface area contributed by atoms with Gasteiger partial charge < -0.3 is 20.0 Å². The van der Waals surface area contributed by atoms with Gasteiger partial charge in [0.2, 0.25) is 0 Å². The lowest BCUT2D eigenvalue weighted by Crippen LogP contribution is -2.48. The summed E-state index contributed by atoms with van der Waals surface area (Å²) in [4.78, 5) is 42.3. The number of nitrogens with zero attached hydrogens (tertiary/aromatic N) is 1. The zero-order chi connectivity index (χ0) is 14.8. The second-order valence-corrected chi connectivity index (χ2v) is 6.45. The molecule has 0 aromatic rings. The van der Waals surface area contributed by atoms with Gasteiger partial charge in [-0.15, -0.1) is 0 Å². The van der Waals surface area contributed by atoms with Gasteiger partial charge in [0, 0.05) is 6.04 Å². The molecule has 1 fully saturated rings. The molecule has 110 valence electrons. The van der Waals surface area contributed by atoms with Crippen molar-refractivity contribution in [1.29, 1.82) is 0 Å². The van der Waals surface area contributed by atoms with Crippen molar-refractivity contribution in [2.45, 2.75) is 31.5 Å². The molecular weight excluding hydrogens is 277 g/mol. The molecule has 3 unspecified atom stereocenters. The van der Waals surface area contributed by atoms with E-state index in [-0.39, 0.29) is 0 Å². The van der Waals surface area contributed by atoms with Crippen LogP contribution in [0.25, 0.3) is 0 Å². The summed E-state index contributed by atoms with van der Waals surface area (Å²) in [5, 5.41) is 18.1. The molecule has 19 heavy (non-hydrogen) atoms. The highest BCUT2D eigenvalue weighted by molar-refractivity contribution is 7.53. The minimum atomic E-state index is -5.04. The van der Waals surface area contributed by atoms with Crippen LogP contribution in [0.3, 0.4) is 0 Å². The number of hydrogen-bond acceptors (Lipinski definition) is 4. The van der Waals surface area contributed by atoms with E-state index in [1.165, 1.54) is 6.92 Å². The Balaban J connectivity index is 3.06. The summed E-state index contributed by atoms with van der Waals surface area (Å²) >= 11 is 0. The first-order chi connectivity index (χ1) is 8.66. The largest absolute Gasteiger partial charge is 0.481 e. The fourth-order valence-electron chi connectivity index (χ4n) is 2.49. The smallest absolute Gasteiger partial charge is 0.340 e. The normalized spacial score (nSPS) is 21.8. The Morgan fingerprint density at radius 1 is 1.11 bits per heavy atom. The maximum Gasteiger partial charge on any atom is 0.340 e. The Morgan fingerprint density at radius 3 is 1.89 bits per heavy atom. The van der Waals surface area contributed by atoms with Gasteiger partial charge in [-0.25, -0.2) is 0 Å². The fourth-order valence-corrected chi connectivity index (χ4v) is 3.57. The number of carboxylic acids is 2. The highest BCUT2D eigenvalue weighted by Gasteiger charge is 2.49. The lowest BCUT2D eigenvalue weighted by molar-refractivity contribution is -0.150. The highest BCUT2D eigenvalue weighted by atomic mass is 31.2. The van der Waals surface area contributed by atoms with Gasteiger partial charge in [-0.1, -0.05) is 0 Å². The molecule has 0 radical (unpaired) electrons. The van der Waals surface area contributed by atoms with E-state index < -0.39 is 37.2 Å². The Hall–Kier alpha value is -0.950. The number of carboxylic acid groups (broad SMARTS) is 2. The van der Waals surface area contributed by atoms with E-state index in [0.717, 1.165) is 12.8 Å². The van der Waals surface area contributed by atoms with Crippen LogP contribution in [0.5, 0.6) is 0 Å². The molecule has 1 aliphatic heterocycles. The molecule has 0 aliphatic carbocycles. The second kappa shape index (κ2) is 6.00. The maximum atomic E-state index is 11.3. The van der Waals surface area contributed by atoms with Gasteiger partial charge in [0.05, 0.1) is 5.92 Å². The molecule has 3 atom stereocenters. The number of likely N-dealkylation sites (tertiary alicyclic amines) is 1. The number of hydrogen-bond donors (Lipinski definition) is 4. The molecular formula is C10H18NO7P. The third-order valence-corrected chi connectivity index (χ3v) is 4.74. The van der Waals surface area contributed by atoms with Crippen LogP contribution in [0.15, 0.2) is 0 Å². The fraction of sp³-hybridized carbons (Fsp3) is 0.800. The SMILES string of the molecule is CC(C(C(=O)O)C(C(=O)O)P(=O)(O)O)N1CCCC1. The molecule has 0 bridgehead atoms. The van der Waals surface area contributed by atoms with Crippen LogP contribution in [0.4, 0.5) is 0 Å². The number of aliphatic carboxylic acids is 2.